The van der Waals surface area contributed by atoms with E-state index in [2.05, 4.69) is 25.5 Å². The molecule has 0 spiro atoms. The summed E-state index contributed by atoms with van der Waals surface area (Å²) >= 11 is 11.7. The van der Waals surface area contributed by atoms with Gasteiger partial charge in [-0.2, -0.15) is 0 Å². The fourth-order valence-corrected chi connectivity index (χ4v) is 1.94. The summed E-state index contributed by atoms with van der Waals surface area (Å²) in [6.45, 7) is 3.46. The number of rotatable bonds is 2. The number of hydrogen-bond acceptors (Lipinski definition) is 4. The predicted molar refractivity (Wildman–Crippen MR) is 68.1 cm³/mol. The van der Waals surface area contributed by atoms with Gasteiger partial charge in [0, 0.05) is 0 Å². The van der Waals surface area contributed by atoms with Gasteiger partial charge in [-0.3, -0.25) is 9.89 Å². The number of hydrogen-bond donors (Lipinski definition) is 2. The van der Waals surface area contributed by atoms with Crippen molar-refractivity contribution in [2.45, 2.75) is 13.8 Å². The quantitative estimate of drug-likeness (QED) is 0.830. The normalized spacial score (nSPS) is 10.4. The summed E-state index contributed by atoms with van der Waals surface area (Å²) in [7, 11) is 0. The Hall–Kier alpha value is -1.66. The van der Waals surface area contributed by atoms with E-state index in [0.717, 1.165) is 0 Å². The van der Waals surface area contributed by atoms with E-state index >= 15 is 0 Å². The van der Waals surface area contributed by atoms with Crippen LogP contribution in [0.3, 0.4) is 0 Å². The summed E-state index contributed by atoms with van der Waals surface area (Å²) in [6.07, 6.45) is 0. The second-order valence-electron chi connectivity index (χ2n) is 3.63. The predicted octanol–water partition coefficient (Wildman–Crippen LogP) is 2.38. The van der Waals surface area contributed by atoms with Crippen molar-refractivity contribution in [2.75, 3.05) is 5.32 Å². The van der Waals surface area contributed by atoms with E-state index in [9.17, 15) is 4.79 Å². The molecule has 0 atom stereocenters. The van der Waals surface area contributed by atoms with Crippen LogP contribution in [-0.2, 0) is 0 Å². The van der Waals surface area contributed by atoms with Gasteiger partial charge >= 0.3 is 0 Å². The molecule has 0 aliphatic carbocycles. The Morgan fingerprint density at radius 1 is 1.33 bits per heavy atom. The van der Waals surface area contributed by atoms with Crippen LogP contribution in [-0.4, -0.2) is 26.1 Å². The van der Waals surface area contributed by atoms with Gasteiger partial charge in [0.15, 0.2) is 5.15 Å². The van der Waals surface area contributed by atoms with E-state index < -0.39 is 5.91 Å². The molecular formula is C10H9Cl2N5O. The van der Waals surface area contributed by atoms with Gasteiger partial charge in [-0.25, -0.2) is 9.97 Å². The number of nitrogens with zero attached hydrogens (tertiary/aromatic N) is 3. The highest BCUT2D eigenvalue weighted by atomic mass is 35.5. The number of carbonyl (C=O) groups excluding carboxylic acids is 1. The Bertz CT molecular complexity index is 587. The van der Waals surface area contributed by atoms with Gasteiger partial charge in [-0.15, -0.1) is 5.10 Å². The molecule has 0 fully saturated rings. The minimum absolute atomic E-state index is 0.0397. The van der Waals surface area contributed by atoms with E-state index in [1.165, 1.54) is 0 Å². The Morgan fingerprint density at radius 2 is 2.06 bits per heavy atom. The molecule has 2 aromatic rings. The van der Waals surface area contributed by atoms with Crippen molar-refractivity contribution in [3.63, 3.8) is 0 Å². The first-order valence-corrected chi connectivity index (χ1v) is 5.76. The Labute approximate surface area is 113 Å². The fourth-order valence-electron chi connectivity index (χ4n) is 1.36. The summed E-state index contributed by atoms with van der Waals surface area (Å²) in [5, 5.41) is 9.32. The van der Waals surface area contributed by atoms with Crippen LogP contribution in [0.1, 0.15) is 22.0 Å². The first-order chi connectivity index (χ1) is 8.47. The number of pyridine rings is 1. The maximum absolute atomic E-state index is 11.8. The molecule has 8 heteroatoms. The lowest BCUT2D eigenvalue weighted by Crippen LogP contribution is -2.15. The molecule has 0 radical (unpaired) electrons. The third-order valence-corrected chi connectivity index (χ3v) is 2.65. The molecule has 94 valence electrons. The summed E-state index contributed by atoms with van der Waals surface area (Å²) in [5.41, 5.74) is 1.11. The lowest BCUT2D eigenvalue weighted by molar-refractivity contribution is 0.101. The summed E-state index contributed by atoms with van der Waals surface area (Å²) in [6, 6.07) is 1.60. The lowest BCUT2D eigenvalue weighted by Gasteiger charge is -2.08. The van der Waals surface area contributed by atoms with E-state index in [0.29, 0.717) is 17.1 Å². The monoisotopic (exact) mass is 285 g/mol. The molecule has 6 nitrogen and oxygen atoms in total. The van der Waals surface area contributed by atoms with Crippen LogP contribution in [0, 0.1) is 13.8 Å². The topological polar surface area (TPSA) is 83.6 Å². The van der Waals surface area contributed by atoms with Gasteiger partial charge in [0.1, 0.15) is 11.0 Å². The van der Waals surface area contributed by atoms with E-state index in [1.807, 2.05) is 0 Å². The Balaban J connectivity index is 2.27. The standard InChI is InChI=1S/C10H9Cl2N5O/c1-4-3-6(11)14-8(12)7(4)15-10(18)9-13-5(2)16-17-9/h3H,1-2H3,(H,15,18)(H,13,16,17). The lowest BCUT2D eigenvalue weighted by atomic mass is 10.2. The molecule has 0 aromatic carbocycles. The SMILES string of the molecule is Cc1nc(C(=O)Nc2c(C)cc(Cl)nc2Cl)n[nH]1. The molecule has 0 aliphatic heterocycles. The number of aromatic amines is 1. The second-order valence-corrected chi connectivity index (χ2v) is 4.37. The first kappa shape index (κ1) is 12.8. The summed E-state index contributed by atoms with van der Waals surface area (Å²) in [5.74, 6) is 0.128. The fraction of sp³-hybridized carbons (Fsp3) is 0.200. The zero-order chi connectivity index (χ0) is 13.3. The van der Waals surface area contributed by atoms with Gasteiger partial charge in [-0.05, 0) is 25.5 Å². The zero-order valence-corrected chi connectivity index (χ0v) is 11.1. The Kier molecular flexibility index (Phi) is 3.49. The van der Waals surface area contributed by atoms with E-state index in [4.69, 9.17) is 23.2 Å². The van der Waals surface area contributed by atoms with Crippen LogP contribution < -0.4 is 5.32 Å². The number of carbonyl (C=O) groups is 1. The highest BCUT2D eigenvalue weighted by Gasteiger charge is 2.15. The molecule has 0 unspecified atom stereocenters. The van der Waals surface area contributed by atoms with Crippen molar-refractivity contribution in [1.82, 2.24) is 20.2 Å². The number of H-pyrrole nitrogens is 1. The average Bonchev–Trinajstić information content (AvgIpc) is 2.70. The molecule has 1 amide bonds. The highest BCUT2D eigenvalue weighted by molar-refractivity contribution is 6.35. The molecule has 2 aromatic heterocycles. The molecule has 2 rings (SSSR count). The van der Waals surface area contributed by atoms with Crippen molar-refractivity contribution in [2.24, 2.45) is 0 Å². The third-order valence-electron chi connectivity index (χ3n) is 2.18. The van der Waals surface area contributed by atoms with Crippen molar-refractivity contribution < 1.29 is 4.79 Å². The smallest absolute Gasteiger partial charge is 0.295 e. The number of anilines is 1. The maximum Gasteiger partial charge on any atom is 0.295 e. The average molecular weight is 286 g/mol. The van der Waals surface area contributed by atoms with Crippen molar-refractivity contribution in [3.05, 3.63) is 33.6 Å². The first-order valence-electron chi connectivity index (χ1n) is 5.00. The number of aromatic nitrogens is 4. The third kappa shape index (κ3) is 2.60. The minimum Gasteiger partial charge on any atom is -0.316 e. The summed E-state index contributed by atoms with van der Waals surface area (Å²) in [4.78, 5) is 19.6. The minimum atomic E-state index is -0.464. The molecule has 0 aliphatic rings. The molecule has 2 heterocycles. The van der Waals surface area contributed by atoms with E-state index in [1.54, 1.807) is 19.9 Å². The van der Waals surface area contributed by atoms with Gasteiger partial charge in [0.2, 0.25) is 5.82 Å². The Morgan fingerprint density at radius 3 is 2.61 bits per heavy atom. The van der Waals surface area contributed by atoms with Crippen LogP contribution in [0.4, 0.5) is 5.69 Å². The summed E-state index contributed by atoms with van der Waals surface area (Å²) < 4.78 is 0. The van der Waals surface area contributed by atoms with Crippen LogP contribution in [0.25, 0.3) is 0 Å². The number of nitrogens with one attached hydrogen (secondary N) is 2. The van der Waals surface area contributed by atoms with Crippen LogP contribution in [0.5, 0.6) is 0 Å². The molecule has 0 bridgehead atoms. The molecule has 0 saturated heterocycles. The zero-order valence-electron chi connectivity index (χ0n) is 9.58. The number of halogens is 2. The molecule has 18 heavy (non-hydrogen) atoms. The second kappa shape index (κ2) is 4.91. The van der Waals surface area contributed by atoms with Crippen LogP contribution >= 0.6 is 23.2 Å². The van der Waals surface area contributed by atoms with Crippen LogP contribution in [0.15, 0.2) is 6.07 Å². The van der Waals surface area contributed by atoms with Gasteiger partial charge in [-0.1, -0.05) is 23.2 Å². The van der Waals surface area contributed by atoms with Crippen molar-refractivity contribution >= 4 is 34.8 Å². The maximum atomic E-state index is 11.8. The van der Waals surface area contributed by atoms with E-state index in [-0.39, 0.29) is 16.1 Å². The van der Waals surface area contributed by atoms with Crippen LogP contribution in [0.2, 0.25) is 10.3 Å². The molecule has 2 N–H and O–H groups in total. The molecule has 0 saturated carbocycles. The van der Waals surface area contributed by atoms with Crippen molar-refractivity contribution in [3.8, 4) is 0 Å². The molecular weight excluding hydrogens is 277 g/mol. The van der Waals surface area contributed by atoms with Gasteiger partial charge in [0.05, 0.1) is 5.69 Å². The largest absolute Gasteiger partial charge is 0.316 e. The van der Waals surface area contributed by atoms with Crippen molar-refractivity contribution in [1.29, 1.82) is 0 Å². The number of amides is 1. The van der Waals surface area contributed by atoms with Gasteiger partial charge in [0.25, 0.3) is 5.91 Å². The number of aryl methyl sites for hydroxylation is 2. The highest BCUT2D eigenvalue weighted by Crippen LogP contribution is 2.26. The van der Waals surface area contributed by atoms with Gasteiger partial charge < -0.3 is 5.32 Å².